The summed E-state index contributed by atoms with van der Waals surface area (Å²) in [6.45, 7) is 0. The first-order chi connectivity index (χ1) is 8.66. The number of hydrogen-bond acceptors (Lipinski definition) is 3. The van der Waals surface area contributed by atoms with Gasteiger partial charge in [0.05, 0.1) is 0 Å². The number of benzene rings is 1. The van der Waals surface area contributed by atoms with Gasteiger partial charge in [-0.2, -0.15) is 0 Å². The quantitative estimate of drug-likeness (QED) is 0.886. The molecule has 0 spiro atoms. The number of carbonyl (C=O) groups is 1. The Hall–Kier alpha value is -2.17. The van der Waals surface area contributed by atoms with Crippen LogP contribution in [0.1, 0.15) is 28.1 Å². The van der Waals surface area contributed by atoms with Crippen molar-refractivity contribution in [3.05, 3.63) is 40.9 Å². The summed E-state index contributed by atoms with van der Waals surface area (Å²) in [5, 5.41) is 12.3. The highest BCUT2D eigenvalue weighted by Gasteiger charge is 2.21. The molecule has 0 bridgehead atoms. The zero-order chi connectivity index (χ0) is 12.7. The number of aromatic nitrogens is 1. The molecule has 0 aliphatic heterocycles. The van der Waals surface area contributed by atoms with Crippen LogP contribution in [0.4, 0.5) is 4.39 Å². The third-order valence-electron chi connectivity index (χ3n) is 3.21. The standard InChI is InChI=1S/C13H10FNO3/c14-12-8-3-1-2-7(8)4-5-9(12)10-6-11(13(16)17)18-15-10/h4-6H,1-3H2,(H,16,17). The number of nitrogens with zero attached hydrogens (tertiary/aromatic N) is 1. The average molecular weight is 247 g/mol. The predicted octanol–water partition coefficient (Wildman–Crippen LogP) is 2.67. The van der Waals surface area contributed by atoms with E-state index in [1.165, 1.54) is 6.07 Å². The molecule has 0 saturated heterocycles. The second kappa shape index (κ2) is 3.94. The molecule has 0 unspecified atom stereocenters. The van der Waals surface area contributed by atoms with E-state index in [4.69, 9.17) is 5.11 Å². The van der Waals surface area contributed by atoms with Crippen LogP contribution in [0.15, 0.2) is 22.7 Å². The van der Waals surface area contributed by atoms with Crippen LogP contribution in [0.5, 0.6) is 0 Å². The van der Waals surface area contributed by atoms with Crippen LogP contribution in [0.2, 0.25) is 0 Å². The molecule has 4 nitrogen and oxygen atoms in total. The molecule has 0 atom stereocenters. The molecule has 18 heavy (non-hydrogen) atoms. The Balaban J connectivity index is 2.09. The molecule has 3 rings (SSSR count). The maximum atomic E-state index is 14.2. The molecule has 0 radical (unpaired) electrons. The number of halogens is 1. The number of carboxylic acids is 1. The highest BCUT2D eigenvalue weighted by Crippen LogP contribution is 2.31. The number of rotatable bonds is 2. The van der Waals surface area contributed by atoms with Crippen LogP contribution in [-0.2, 0) is 12.8 Å². The first-order valence-electron chi connectivity index (χ1n) is 5.67. The average Bonchev–Trinajstić information content (AvgIpc) is 2.97. The van der Waals surface area contributed by atoms with Crippen LogP contribution in [0.3, 0.4) is 0 Å². The molecule has 0 saturated carbocycles. The van der Waals surface area contributed by atoms with Gasteiger partial charge in [-0.05, 0) is 36.5 Å². The van der Waals surface area contributed by atoms with E-state index < -0.39 is 5.97 Å². The molecule has 5 heteroatoms. The molecular formula is C13H10FNO3. The smallest absolute Gasteiger partial charge is 0.374 e. The van der Waals surface area contributed by atoms with E-state index in [2.05, 4.69) is 9.68 Å². The Labute approximate surface area is 102 Å². The van der Waals surface area contributed by atoms with Crippen molar-refractivity contribution in [1.82, 2.24) is 5.16 Å². The monoisotopic (exact) mass is 247 g/mol. The van der Waals surface area contributed by atoms with Gasteiger partial charge in [-0.3, -0.25) is 0 Å². The summed E-state index contributed by atoms with van der Waals surface area (Å²) >= 11 is 0. The molecule has 1 aromatic carbocycles. The summed E-state index contributed by atoms with van der Waals surface area (Å²) in [7, 11) is 0. The maximum Gasteiger partial charge on any atom is 0.374 e. The fraction of sp³-hybridized carbons (Fsp3) is 0.231. The van der Waals surface area contributed by atoms with Gasteiger partial charge in [0.25, 0.3) is 0 Å². The third-order valence-corrected chi connectivity index (χ3v) is 3.21. The fourth-order valence-corrected chi connectivity index (χ4v) is 2.32. The third kappa shape index (κ3) is 1.59. The van der Waals surface area contributed by atoms with Gasteiger partial charge in [0.2, 0.25) is 5.76 Å². The zero-order valence-electron chi connectivity index (χ0n) is 9.44. The number of fused-ring (bicyclic) bond motifs is 1. The molecule has 0 amide bonds. The first kappa shape index (κ1) is 11.0. The predicted molar refractivity (Wildman–Crippen MR) is 60.9 cm³/mol. The number of aryl methyl sites for hydroxylation is 1. The van der Waals surface area contributed by atoms with Crippen LogP contribution in [0.25, 0.3) is 11.3 Å². The summed E-state index contributed by atoms with van der Waals surface area (Å²) in [4.78, 5) is 10.7. The Morgan fingerprint density at radius 1 is 1.39 bits per heavy atom. The SMILES string of the molecule is O=C(O)c1cc(-c2ccc3c(c2F)CCC3)no1. The van der Waals surface area contributed by atoms with Gasteiger partial charge < -0.3 is 9.63 Å². The van der Waals surface area contributed by atoms with Gasteiger partial charge in [-0.15, -0.1) is 0 Å². The molecule has 1 aromatic heterocycles. The van der Waals surface area contributed by atoms with E-state index in [1.807, 2.05) is 6.07 Å². The lowest BCUT2D eigenvalue weighted by atomic mass is 10.0. The molecule has 2 aromatic rings. The summed E-state index contributed by atoms with van der Waals surface area (Å²) in [6, 6.07) is 4.74. The van der Waals surface area contributed by atoms with E-state index in [0.717, 1.165) is 24.8 Å². The van der Waals surface area contributed by atoms with Crippen molar-refractivity contribution in [1.29, 1.82) is 0 Å². The summed E-state index contributed by atoms with van der Waals surface area (Å²) in [6.07, 6.45) is 2.57. The van der Waals surface area contributed by atoms with Crippen molar-refractivity contribution in [2.75, 3.05) is 0 Å². The number of carboxylic acid groups (broad SMARTS) is 1. The van der Waals surface area contributed by atoms with Crippen LogP contribution >= 0.6 is 0 Å². The second-order valence-electron chi connectivity index (χ2n) is 4.30. The number of hydrogen-bond donors (Lipinski definition) is 1. The van der Waals surface area contributed by atoms with Crippen LogP contribution < -0.4 is 0 Å². The topological polar surface area (TPSA) is 63.3 Å². The minimum absolute atomic E-state index is 0.222. The van der Waals surface area contributed by atoms with Crippen molar-refractivity contribution in [2.24, 2.45) is 0 Å². The Bertz CT molecular complexity index is 633. The highest BCUT2D eigenvalue weighted by molar-refractivity contribution is 5.85. The van der Waals surface area contributed by atoms with Crippen molar-refractivity contribution < 1.29 is 18.8 Å². The van der Waals surface area contributed by atoms with Crippen LogP contribution in [0, 0.1) is 5.82 Å². The van der Waals surface area contributed by atoms with E-state index in [0.29, 0.717) is 11.1 Å². The highest BCUT2D eigenvalue weighted by atomic mass is 19.1. The molecule has 0 fully saturated rings. The fourth-order valence-electron chi connectivity index (χ4n) is 2.32. The van der Waals surface area contributed by atoms with E-state index in [-0.39, 0.29) is 17.3 Å². The lowest BCUT2D eigenvalue weighted by Crippen LogP contribution is -1.93. The summed E-state index contributed by atoms with van der Waals surface area (Å²) in [5.41, 5.74) is 2.26. The second-order valence-corrected chi connectivity index (χ2v) is 4.30. The van der Waals surface area contributed by atoms with Gasteiger partial charge in [0.15, 0.2) is 0 Å². The van der Waals surface area contributed by atoms with Crippen molar-refractivity contribution in [2.45, 2.75) is 19.3 Å². The van der Waals surface area contributed by atoms with Crippen molar-refractivity contribution >= 4 is 5.97 Å². The van der Waals surface area contributed by atoms with E-state index >= 15 is 0 Å². The van der Waals surface area contributed by atoms with Crippen molar-refractivity contribution in [3.63, 3.8) is 0 Å². The maximum absolute atomic E-state index is 14.2. The Kier molecular flexibility index (Phi) is 2.40. The molecule has 1 aliphatic carbocycles. The minimum Gasteiger partial charge on any atom is -0.475 e. The van der Waals surface area contributed by atoms with Gasteiger partial charge >= 0.3 is 5.97 Å². The zero-order valence-corrected chi connectivity index (χ0v) is 9.44. The Morgan fingerprint density at radius 2 is 2.22 bits per heavy atom. The lowest BCUT2D eigenvalue weighted by molar-refractivity contribution is 0.0652. The van der Waals surface area contributed by atoms with E-state index in [1.54, 1.807) is 6.07 Å². The Morgan fingerprint density at radius 3 is 2.94 bits per heavy atom. The minimum atomic E-state index is -1.21. The molecule has 1 aliphatic rings. The normalized spacial score (nSPS) is 13.6. The van der Waals surface area contributed by atoms with E-state index in [9.17, 15) is 9.18 Å². The largest absolute Gasteiger partial charge is 0.475 e. The van der Waals surface area contributed by atoms with Gasteiger partial charge in [0, 0.05) is 11.6 Å². The first-order valence-corrected chi connectivity index (χ1v) is 5.67. The summed E-state index contributed by atoms with van der Waals surface area (Å²) in [5.74, 6) is -1.81. The molecule has 1 heterocycles. The molecular weight excluding hydrogens is 237 g/mol. The summed E-state index contributed by atoms with van der Waals surface area (Å²) < 4.78 is 18.9. The van der Waals surface area contributed by atoms with Crippen molar-refractivity contribution in [3.8, 4) is 11.3 Å². The number of aromatic carboxylic acids is 1. The molecule has 1 N–H and O–H groups in total. The molecule has 92 valence electrons. The van der Waals surface area contributed by atoms with Gasteiger partial charge in [-0.25, -0.2) is 9.18 Å². The van der Waals surface area contributed by atoms with Gasteiger partial charge in [-0.1, -0.05) is 11.2 Å². The van der Waals surface area contributed by atoms with Gasteiger partial charge in [0.1, 0.15) is 11.5 Å². The lowest BCUT2D eigenvalue weighted by Gasteiger charge is -2.04. The van der Waals surface area contributed by atoms with Crippen LogP contribution in [-0.4, -0.2) is 16.2 Å².